The van der Waals surface area contributed by atoms with Crippen molar-refractivity contribution in [2.75, 3.05) is 12.8 Å². The molecule has 1 heterocycles. The van der Waals surface area contributed by atoms with E-state index < -0.39 is 23.8 Å². The first-order valence-electron chi connectivity index (χ1n) is 6.99. The second kappa shape index (κ2) is 6.88. The van der Waals surface area contributed by atoms with E-state index in [1.165, 1.54) is 42.4 Å². The Morgan fingerprint density at radius 3 is 2.58 bits per heavy atom. The molecule has 0 saturated carbocycles. The van der Waals surface area contributed by atoms with Crippen molar-refractivity contribution in [3.8, 4) is 0 Å². The van der Waals surface area contributed by atoms with Gasteiger partial charge >= 0.3 is 12.1 Å². The zero-order chi connectivity index (χ0) is 17.9. The normalized spacial score (nSPS) is 13.0. The Morgan fingerprint density at radius 1 is 1.33 bits per heavy atom. The number of alkyl halides is 3. The minimum atomic E-state index is -4.44. The predicted octanol–water partition coefficient (Wildman–Crippen LogP) is 2.94. The van der Waals surface area contributed by atoms with Crippen LogP contribution in [0.25, 0.3) is 0 Å². The summed E-state index contributed by atoms with van der Waals surface area (Å²) < 4.78 is 38.3. The van der Waals surface area contributed by atoms with Gasteiger partial charge in [0.05, 0.1) is 5.56 Å². The molecule has 24 heavy (non-hydrogen) atoms. The molecular weight excluding hydrogens is 323 g/mol. The predicted molar refractivity (Wildman–Crippen MR) is 81.9 cm³/mol. The lowest BCUT2D eigenvalue weighted by atomic mass is 10.1. The third kappa shape index (κ3) is 4.23. The standard InChI is InChI=1S/C16H16F3N3O2/c1-22(9-10-3-2-4-12(7-10)16(17,18)19)14(15(23)24)11-5-6-13(20)21-8-11/h2-8,14H,9H2,1H3,(H2,20,21)(H,23,24). The number of nitrogens with two attached hydrogens (primary N) is 1. The maximum Gasteiger partial charge on any atom is 0.416 e. The summed E-state index contributed by atoms with van der Waals surface area (Å²) in [6, 6.07) is 6.76. The Bertz CT molecular complexity index is 717. The van der Waals surface area contributed by atoms with Gasteiger partial charge in [-0.15, -0.1) is 0 Å². The van der Waals surface area contributed by atoms with Gasteiger partial charge in [0.2, 0.25) is 0 Å². The number of carbonyl (C=O) groups is 1. The first kappa shape index (κ1) is 17.7. The van der Waals surface area contributed by atoms with Crippen LogP contribution < -0.4 is 5.73 Å². The number of anilines is 1. The summed E-state index contributed by atoms with van der Waals surface area (Å²) in [6.45, 7) is 0.0330. The average Bonchev–Trinajstić information content (AvgIpc) is 2.48. The maximum atomic E-state index is 12.8. The molecule has 3 N–H and O–H groups in total. The highest BCUT2D eigenvalue weighted by molar-refractivity contribution is 5.75. The van der Waals surface area contributed by atoms with Gasteiger partial charge in [-0.3, -0.25) is 9.69 Å². The molecule has 0 aliphatic carbocycles. The molecule has 2 rings (SSSR count). The number of nitrogen functional groups attached to an aromatic ring is 1. The first-order valence-corrected chi connectivity index (χ1v) is 6.99. The van der Waals surface area contributed by atoms with Crippen molar-refractivity contribution in [1.82, 2.24) is 9.88 Å². The minimum absolute atomic E-state index is 0.0330. The van der Waals surface area contributed by atoms with Crippen LogP contribution >= 0.6 is 0 Å². The lowest BCUT2D eigenvalue weighted by Crippen LogP contribution is -2.30. The molecule has 0 spiro atoms. The lowest BCUT2D eigenvalue weighted by Gasteiger charge is -2.25. The Morgan fingerprint density at radius 2 is 2.04 bits per heavy atom. The van der Waals surface area contributed by atoms with E-state index in [1.807, 2.05) is 0 Å². The lowest BCUT2D eigenvalue weighted by molar-refractivity contribution is -0.143. The molecular formula is C16H16F3N3O2. The van der Waals surface area contributed by atoms with Crippen molar-refractivity contribution in [2.24, 2.45) is 0 Å². The van der Waals surface area contributed by atoms with Crippen molar-refractivity contribution in [3.05, 3.63) is 59.3 Å². The van der Waals surface area contributed by atoms with E-state index in [0.29, 0.717) is 11.1 Å². The molecule has 0 bridgehead atoms. The van der Waals surface area contributed by atoms with Crippen LogP contribution in [0.2, 0.25) is 0 Å². The fraction of sp³-hybridized carbons (Fsp3) is 0.250. The van der Waals surface area contributed by atoms with Gasteiger partial charge in [0.25, 0.3) is 0 Å². The van der Waals surface area contributed by atoms with Gasteiger partial charge in [-0.1, -0.05) is 24.3 Å². The van der Waals surface area contributed by atoms with Crippen LogP contribution in [0, 0.1) is 0 Å². The summed E-state index contributed by atoms with van der Waals surface area (Å²) in [5.41, 5.74) is 5.47. The highest BCUT2D eigenvalue weighted by Gasteiger charge is 2.31. The zero-order valence-corrected chi connectivity index (χ0v) is 12.8. The quantitative estimate of drug-likeness (QED) is 0.875. The zero-order valence-electron chi connectivity index (χ0n) is 12.8. The van der Waals surface area contributed by atoms with Crippen LogP contribution in [0.15, 0.2) is 42.6 Å². The molecule has 0 aliphatic rings. The van der Waals surface area contributed by atoms with Gasteiger partial charge < -0.3 is 10.8 Å². The molecule has 1 unspecified atom stereocenters. The average molecular weight is 339 g/mol. The molecule has 0 saturated heterocycles. The number of nitrogens with zero attached hydrogens (tertiary/aromatic N) is 2. The van der Waals surface area contributed by atoms with E-state index in [4.69, 9.17) is 5.73 Å². The van der Waals surface area contributed by atoms with Gasteiger partial charge in [0.1, 0.15) is 11.9 Å². The number of likely N-dealkylation sites (N-methyl/N-ethyl adjacent to an activating group) is 1. The van der Waals surface area contributed by atoms with Crippen LogP contribution in [0.1, 0.15) is 22.7 Å². The molecule has 0 fully saturated rings. The Hall–Kier alpha value is -2.61. The summed E-state index contributed by atoms with van der Waals surface area (Å²) in [4.78, 5) is 16.9. The smallest absolute Gasteiger partial charge is 0.416 e. The summed E-state index contributed by atoms with van der Waals surface area (Å²) in [5.74, 6) is -0.875. The summed E-state index contributed by atoms with van der Waals surface area (Å²) in [7, 11) is 1.52. The highest BCUT2D eigenvalue weighted by atomic mass is 19.4. The molecule has 0 amide bonds. The number of aliphatic carboxylic acids is 1. The number of hydrogen-bond acceptors (Lipinski definition) is 4. The second-order valence-electron chi connectivity index (χ2n) is 5.37. The van der Waals surface area contributed by atoms with Crippen molar-refractivity contribution in [1.29, 1.82) is 0 Å². The SMILES string of the molecule is CN(Cc1cccc(C(F)(F)F)c1)C(C(=O)O)c1ccc(N)nc1. The molecule has 8 heteroatoms. The van der Waals surface area contributed by atoms with Crippen molar-refractivity contribution < 1.29 is 23.1 Å². The number of carboxylic acid groups (broad SMARTS) is 1. The van der Waals surface area contributed by atoms with Gasteiger partial charge in [0.15, 0.2) is 0 Å². The van der Waals surface area contributed by atoms with E-state index in [0.717, 1.165) is 12.1 Å². The van der Waals surface area contributed by atoms with Gasteiger partial charge in [-0.2, -0.15) is 13.2 Å². The summed E-state index contributed by atoms with van der Waals surface area (Å²) in [6.07, 6.45) is -3.10. The molecule has 5 nitrogen and oxygen atoms in total. The maximum absolute atomic E-state index is 12.8. The number of hydrogen-bond donors (Lipinski definition) is 2. The number of aromatic nitrogens is 1. The van der Waals surface area contributed by atoms with Crippen LogP contribution in [0.3, 0.4) is 0 Å². The summed E-state index contributed by atoms with van der Waals surface area (Å²) in [5, 5.41) is 9.45. The largest absolute Gasteiger partial charge is 0.480 e. The number of benzene rings is 1. The van der Waals surface area contributed by atoms with Crippen LogP contribution in [-0.4, -0.2) is 28.0 Å². The monoisotopic (exact) mass is 339 g/mol. The van der Waals surface area contributed by atoms with Gasteiger partial charge in [-0.25, -0.2) is 4.98 Å². The van der Waals surface area contributed by atoms with Crippen molar-refractivity contribution in [3.63, 3.8) is 0 Å². The molecule has 2 aromatic rings. The minimum Gasteiger partial charge on any atom is -0.480 e. The van der Waals surface area contributed by atoms with Crippen LogP contribution in [0.5, 0.6) is 0 Å². The van der Waals surface area contributed by atoms with E-state index in [9.17, 15) is 23.1 Å². The first-order chi connectivity index (χ1) is 11.2. The van der Waals surface area contributed by atoms with E-state index >= 15 is 0 Å². The molecule has 0 radical (unpaired) electrons. The van der Waals surface area contributed by atoms with Gasteiger partial charge in [0, 0.05) is 12.7 Å². The van der Waals surface area contributed by atoms with E-state index in [-0.39, 0.29) is 12.4 Å². The Kier molecular flexibility index (Phi) is 5.08. The van der Waals surface area contributed by atoms with Crippen molar-refractivity contribution >= 4 is 11.8 Å². The second-order valence-corrected chi connectivity index (χ2v) is 5.37. The third-order valence-corrected chi connectivity index (χ3v) is 3.49. The van der Waals surface area contributed by atoms with Crippen LogP contribution in [-0.2, 0) is 17.5 Å². The van der Waals surface area contributed by atoms with Gasteiger partial charge in [-0.05, 0) is 30.3 Å². The number of rotatable bonds is 5. The number of pyridine rings is 1. The number of carboxylic acids is 1. The van der Waals surface area contributed by atoms with E-state index in [1.54, 1.807) is 0 Å². The number of halogens is 3. The fourth-order valence-electron chi connectivity index (χ4n) is 2.39. The molecule has 128 valence electrons. The topological polar surface area (TPSA) is 79.5 Å². The van der Waals surface area contributed by atoms with Crippen molar-refractivity contribution in [2.45, 2.75) is 18.8 Å². The third-order valence-electron chi connectivity index (χ3n) is 3.49. The molecule has 1 atom stereocenters. The molecule has 1 aromatic heterocycles. The van der Waals surface area contributed by atoms with Crippen LogP contribution in [0.4, 0.5) is 19.0 Å². The Labute approximate surface area is 136 Å². The van der Waals surface area contributed by atoms with E-state index in [2.05, 4.69) is 4.98 Å². The highest BCUT2D eigenvalue weighted by Crippen LogP contribution is 2.30. The molecule has 0 aliphatic heterocycles. The molecule has 1 aromatic carbocycles. The summed E-state index contributed by atoms with van der Waals surface area (Å²) >= 11 is 0. The Balaban J connectivity index is 2.24. The fourth-order valence-corrected chi connectivity index (χ4v) is 2.39.